The van der Waals surface area contributed by atoms with Crippen LogP contribution < -0.4 is 14.8 Å². The van der Waals surface area contributed by atoms with Crippen LogP contribution in [0.2, 0.25) is 0 Å². The number of aromatic nitrogens is 1. The van der Waals surface area contributed by atoms with E-state index in [4.69, 9.17) is 14.5 Å². The summed E-state index contributed by atoms with van der Waals surface area (Å²) >= 11 is 0. The fourth-order valence-electron chi connectivity index (χ4n) is 3.02. The second-order valence-electron chi connectivity index (χ2n) is 6.37. The number of likely N-dealkylation sites (tertiary alicyclic amines) is 1. The molecule has 6 heteroatoms. The number of aliphatic imine (C=N–C) groups is 1. The topological polar surface area (TPSA) is 59.0 Å². The molecule has 144 valence electrons. The summed E-state index contributed by atoms with van der Waals surface area (Å²) in [6.07, 6.45) is 4.23. The van der Waals surface area contributed by atoms with Crippen molar-refractivity contribution in [2.24, 2.45) is 4.99 Å². The van der Waals surface area contributed by atoms with Crippen LogP contribution in [0.5, 0.6) is 17.4 Å². The highest BCUT2D eigenvalue weighted by molar-refractivity contribution is 5.80. The summed E-state index contributed by atoms with van der Waals surface area (Å²) in [5.41, 5.74) is 1.07. The van der Waals surface area contributed by atoms with Crippen LogP contribution in [0.3, 0.4) is 0 Å². The van der Waals surface area contributed by atoms with E-state index in [2.05, 4.69) is 22.1 Å². The molecule has 0 aliphatic carbocycles. The van der Waals surface area contributed by atoms with E-state index in [-0.39, 0.29) is 0 Å². The van der Waals surface area contributed by atoms with Gasteiger partial charge in [-0.15, -0.1) is 0 Å². The standard InChI is InChI=1S/C21H28N4O2/c1-3-22-21(25-13-5-6-14-25)24-16-17-11-12-23-20(15-17)27-19-9-7-18(8-10-19)26-4-2/h7-12,15H,3-6,13-14,16H2,1-2H3,(H,22,24). The highest BCUT2D eigenvalue weighted by Crippen LogP contribution is 2.23. The van der Waals surface area contributed by atoms with Crippen LogP contribution in [0.1, 0.15) is 32.3 Å². The molecule has 2 aromatic rings. The Labute approximate surface area is 161 Å². The van der Waals surface area contributed by atoms with Gasteiger partial charge in [-0.25, -0.2) is 9.98 Å². The first-order chi connectivity index (χ1) is 13.3. The lowest BCUT2D eigenvalue weighted by atomic mass is 10.2. The van der Waals surface area contributed by atoms with Crippen LogP contribution in [0, 0.1) is 0 Å². The Morgan fingerprint density at radius 3 is 2.56 bits per heavy atom. The fraction of sp³-hybridized carbons (Fsp3) is 0.429. The van der Waals surface area contributed by atoms with Crippen LogP contribution in [-0.2, 0) is 6.54 Å². The largest absolute Gasteiger partial charge is 0.494 e. The van der Waals surface area contributed by atoms with Gasteiger partial charge in [0.2, 0.25) is 5.88 Å². The SMILES string of the molecule is CCNC(=NCc1ccnc(Oc2ccc(OCC)cc2)c1)N1CCCC1. The molecular formula is C21H28N4O2. The predicted molar refractivity (Wildman–Crippen MR) is 108 cm³/mol. The van der Waals surface area contributed by atoms with Crippen LogP contribution in [-0.4, -0.2) is 42.1 Å². The number of hydrogen-bond donors (Lipinski definition) is 1. The Morgan fingerprint density at radius 2 is 1.85 bits per heavy atom. The van der Waals surface area contributed by atoms with E-state index in [1.54, 1.807) is 6.20 Å². The molecule has 0 unspecified atom stereocenters. The minimum atomic E-state index is 0.568. The summed E-state index contributed by atoms with van der Waals surface area (Å²) in [6, 6.07) is 11.5. The summed E-state index contributed by atoms with van der Waals surface area (Å²) in [5.74, 6) is 3.12. The summed E-state index contributed by atoms with van der Waals surface area (Å²) < 4.78 is 11.3. The molecule has 1 aliphatic rings. The molecule has 1 fully saturated rings. The van der Waals surface area contributed by atoms with Crippen molar-refractivity contribution in [1.82, 2.24) is 15.2 Å². The molecular weight excluding hydrogens is 340 g/mol. The van der Waals surface area contributed by atoms with Gasteiger partial charge in [0.25, 0.3) is 0 Å². The maximum atomic E-state index is 5.87. The summed E-state index contributed by atoms with van der Waals surface area (Å²) in [6.45, 7) is 8.34. The summed E-state index contributed by atoms with van der Waals surface area (Å²) in [5, 5.41) is 3.38. The number of pyridine rings is 1. The van der Waals surface area contributed by atoms with Gasteiger partial charge in [0.1, 0.15) is 11.5 Å². The average Bonchev–Trinajstić information content (AvgIpc) is 3.22. The van der Waals surface area contributed by atoms with E-state index in [0.29, 0.717) is 19.0 Å². The Balaban J connectivity index is 1.64. The van der Waals surface area contributed by atoms with E-state index < -0.39 is 0 Å². The van der Waals surface area contributed by atoms with Gasteiger partial charge in [-0.3, -0.25) is 0 Å². The maximum absolute atomic E-state index is 5.87. The van der Waals surface area contributed by atoms with Crippen molar-refractivity contribution < 1.29 is 9.47 Å². The molecule has 6 nitrogen and oxygen atoms in total. The van der Waals surface area contributed by atoms with Gasteiger partial charge < -0.3 is 19.7 Å². The first kappa shape index (κ1) is 19.0. The normalized spacial score (nSPS) is 14.3. The Morgan fingerprint density at radius 1 is 1.11 bits per heavy atom. The number of ether oxygens (including phenoxy) is 2. The van der Waals surface area contributed by atoms with Crippen LogP contribution in [0.15, 0.2) is 47.6 Å². The zero-order valence-corrected chi connectivity index (χ0v) is 16.1. The highest BCUT2D eigenvalue weighted by Gasteiger charge is 2.15. The van der Waals surface area contributed by atoms with Gasteiger partial charge in [-0.1, -0.05) is 0 Å². The third-order valence-corrected chi connectivity index (χ3v) is 4.31. The molecule has 1 aliphatic heterocycles. The van der Waals surface area contributed by atoms with E-state index >= 15 is 0 Å². The number of hydrogen-bond acceptors (Lipinski definition) is 4. The molecule has 1 aromatic carbocycles. The number of rotatable bonds is 7. The highest BCUT2D eigenvalue weighted by atomic mass is 16.5. The van der Waals surface area contributed by atoms with Crippen molar-refractivity contribution in [3.05, 3.63) is 48.2 Å². The van der Waals surface area contributed by atoms with Crippen molar-refractivity contribution in [2.75, 3.05) is 26.2 Å². The summed E-state index contributed by atoms with van der Waals surface area (Å²) in [7, 11) is 0. The van der Waals surface area contributed by atoms with Crippen molar-refractivity contribution in [2.45, 2.75) is 33.2 Å². The summed E-state index contributed by atoms with van der Waals surface area (Å²) in [4.78, 5) is 11.4. The zero-order valence-electron chi connectivity index (χ0n) is 16.1. The van der Waals surface area contributed by atoms with E-state index in [1.165, 1.54) is 12.8 Å². The molecule has 0 bridgehead atoms. The van der Waals surface area contributed by atoms with E-state index in [9.17, 15) is 0 Å². The molecule has 3 rings (SSSR count). The van der Waals surface area contributed by atoms with Gasteiger partial charge in [-0.05, 0) is 62.6 Å². The molecule has 1 aromatic heterocycles. The minimum absolute atomic E-state index is 0.568. The number of benzene rings is 1. The minimum Gasteiger partial charge on any atom is -0.494 e. The predicted octanol–water partition coefficient (Wildman–Crippen LogP) is 3.83. The second kappa shape index (κ2) is 9.80. The Kier molecular flexibility index (Phi) is 6.90. The van der Waals surface area contributed by atoms with Crippen molar-refractivity contribution >= 4 is 5.96 Å². The maximum Gasteiger partial charge on any atom is 0.219 e. The van der Waals surface area contributed by atoms with Gasteiger partial charge in [0.15, 0.2) is 5.96 Å². The lowest BCUT2D eigenvalue weighted by Crippen LogP contribution is -2.39. The third kappa shape index (κ3) is 5.61. The number of nitrogens with zero attached hydrogens (tertiary/aromatic N) is 3. The molecule has 27 heavy (non-hydrogen) atoms. The lowest BCUT2D eigenvalue weighted by molar-refractivity contribution is 0.339. The van der Waals surface area contributed by atoms with Gasteiger partial charge in [0, 0.05) is 31.9 Å². The number of guanidine groups is 1. The fourth-order valence-corrected chi connectivity index (χ4v) is 3.02. The molecule has 0 amide bonds. The lowest BCUT2D eigenvalue weighted by Gasteiger charge is -2.20. The third-order valence-electron chi connectivity index (χ3n) is 4.31. The zero-order chi connectivity index (χ0) is 18.9. The van der Waals surface area contributed by atoms with Crippen LogP contribution >= 0.6 is 0 Å². The molecule has 0 spiro atoms. The van der Waals surface area contributed by atoms with Crippen molar-refractivity contribution in [1.29, 1.82) is 0 Å². The smallest absolute Gasteiger partial charge is 0.219 e. The van der Waals surface area contributed by atoms with Gasteiger partial charge in [0.05, 0.1) is 13.2 Å². The van der Waals surface area contributed by atoms with Crippen LogP contribution in [0.4, 0.5) is 0 Å². The van der Waals surface area contributed by atoms with Crippen molar-refractivity contribution in [3.8, 4) is 17.4 Å². The Bertz CT molecular complexity index is 740. The monoisotopic (exact) mass is 368 g/mol. The van der Waals surface area contributed by atoms with Gasteiger partial charge in [-0.2, -0.15) is 0 Å². The van der Waals surface area contributed by atoms with Crippen LogP contribution in [0.25, 0.3) is 0 Å². The first-order valence-corrected chi connectivity index (χ1v) is 9.67. The average molecular weight is 368 g/mol. The molecule has 1 saturated heterocycles. The van der Waals surface area contributed by atoms with E-state index in [0.717, 1.165) is 42.7 Å². The Hall–Kier alpha value is -2.76. The molecule has 1 N–H and O–H groups in total. The number of nitrogens with one attached hydrogen (secondary N) is 1. The van der Waals surface area contributed by atoms with Crippen molar-refractivity contribution in [3.63, 3.8) is 0 Å². The molecule has 0 saturated carbocycles. The van der Waals surface area contributed by atoms with Gasteiger partial charge >= 0.3 is 0 Å². The molecule has 2 heterocycles. The second-order valence-corrected chi connectivity index (χ2v) is 6.37. The first-order valence-electron chi connectivity index (χ1n) is 9.67. The quantitative estimate of drug-likeness (QED) is 0.594. The molecule has 0 radical (unpaired) electrons. The molecule has 0 atom stereocenters. The van der Waals surface area contributed by atoms with E-state index in [1.807, 2.05) is 43.3 Å².